The fourth-order valence-electron chi connectivity index (χ4n) is 2.29. The second kappa shape index (κ2) is 7.46. The van der Waals surface area contributed by atoms with Crippen LogP contribution in [0.25, 0.3) is 0 Å². The molecule has 0 saturated heterocycles. The molecular weight excluding hydrogens is 353 g/mol. The van der Waals surface area contributed by atoms with Crippen molar-refractivity contribution in [3.05, 3.63) is 41.7 Å². The van der Waals surface area contributed by atoms with E-state index in [0.717, 1.165) is 0 Å². The summed E-state index contributed by atoms with van der Waals surface area (Å²) < 4.78 is 41.6. The molecule has 2 amide bonds. The zero-order valence-corrected chi connectivity index (χ0v) is 14.0. The third-order valence-corrected chi connectivity index (χ3v) is 3.47. The van der Waals surface area contributed by atoms with E-state index in [-0.39, 0.29) is 29.5 Å². The van der Waals surface area contributed by atoms with Crippen molar-refractivity contribution in [2.75, 3.05) is 5.32 Å². The van der Waals surface area contributed by atoms with E-state index in [9.17, 15) is 22.8 Å². The van der Waals surface area contributed by atoms with Gasteiger partial charge in [-0.05, 0) is 24.1 Å². The zero-order chi connectivity index (χ0) is 19.5. The van der Waals surface area contributed by atoms with E-state index in [1.807, 2.05) is 0 Å². The Balaban J connectivity index is 2.00. The van der Waals surface area contributed by atoms with Gasteiger partial charge in [0.1, 0.15) is 5.75 Å². The van der Waals surface area contributed by atoms with Gasteiger partial charge in [-0.15, -0.1) is 13.2 Å². The highest BCUT2D eigenvalue weighted by Gasteiger charge is 2.31. The molecular formula is C16H17F3N4O3. The second-order valence-electron chi connectivity index (χ2n) is 5.72. The van der Waals surface area contributed by atoms with Crippen LogP contribution in [0.5, 0.6) is 5.75 Å². The number of hydrogen-bond acceptors (Lipinski definition) is 4. The Hall–Kier alpha value is -3.04. The minimum atomic E-state index is -4.75. The molecule has 0 saturated carbocycles. The fraction of sp³-hybridized carbons (Fsp3) is 0.312. The first kappa shape index (κ1) is 19.3. The summed E-state index contributed by atoms with van der Waals surface area (Å²) in [4.78, 5) is 23.6. The molecule has 1 aromatic heterocycles. The number of hydrogen-bond donors (Lipinski definition) is 2. The minimum Gasteiger partial charge on any atom is -0.406 e. The molecule has 0 bridgehead atoms. The van der Waals surface area contributed by atoms with Crippen molar-refractivity contribution in [1.29, 1.82) is 0 Å². The number of halogens is 3. The van der Waals surface area contributed by atoms with Gasteiger partial charge >= 0.3 is 6.36 Å². The van der Waals surface area contributed by atoms with Gasteiger partial charge in [0.2, 0.25) is 5.91 Å². The Labute approximate surface area is 146 Å². The largest absolute Gasteiger partial charge is 0.573 e. The first-order valence-corrected chi connectivity index (χ1v) is 7.54. The summed E-state index contributed by atoms with van der Waals surface area (Å²) in [6.45, 7) is 1.65. The van der Waals surface area contributed by atoms with Crippen LogP contribution in [0.1, 0.15) is 23.0 Å². The molecule has 0 aliphatic heterocycles. The average molecular weight is 370 g/mol. The second-order valence-corrected chi connectivity index (χ2v) is 5.72. The van der Waals surface area contributed by atoms with Crippen molar-refractivity contribution in [2.45, 2.75) is 19.7 Å². The summed E-state index contributed by atoms with van der Waals surface area (Å²) in [5.74, 6) is -1.99. The van der Waals surface area contributed by atoms with Gasteiger partial charge in [-0.3, -0.25) is 14.3 Å². The lowest BCUT2D eigenvalue weighted by atomic mass is 10.00. The number of nitrogens with two attached hydrogens (primary N) is 1. The van der Waals surface area contributed by atoms with Crippen LogP contribution in [-0.4, -0.2) is 28.0 Å². The number of aromatic nitrogens is 2. The smallest absolute Gasteiger partial charge is 0.406 e. The molecule has 1 heterocycles. The van der Waals surface area contributed by atoms with Crippen molar-refractivity contribution >= 4 is 17.5 Å². The number of amides is 2. The van der Waals surface area contributed by atoms with Crippen molar-refractivity contribution in [3.8, 4) is 5.75 Å². The highest BCUT2D eigenvalue weighted by molar-refractivity contribution is 6.01. The summed E-state index contributed by atoms with van der Waals surface area (Å²) in [6, 6.07) is 5.26. The molecule has 2 aromatic rings. The number of carbonyl (C=O) groups is 2. The van der Waals surface area contributed by atoms with Crippen molar-refractivity contribution in [3.63, 3.8) is 0 Å². The number of rotatable bonds is 6. The topological polar surface area (TPSA) is 99.2 Å². The molecule has 3 N–H and O–H groups in total. The number of alkyl halides is 3. The fourth-order valence-corrected chi connectivity index (χ4v) is 2.29. The summed E-state index contributed by atoms with van der Waals surface area (Å²) in [7, 11) is 1.58. The number of anilines is 1. The molecule has 1 unspecified atom stereocenters. The molecule has 26 heavy (non-hydrogen) atoms. The van der Waals surface area contributed by atoms with Gasteiger partial charge < -0.3 is 15.8 Å². The van der Waals surface area contributed by atoms with Crippen LogP contribution in [0.4, 0.5) is 18.9 Å². The Morgan fingerprint density at radius 3 is 2.46 bits per heavy atom. The van der Waals surface area contributed by atoms with Crippen LogP contribution in [0.2, 0.25) is 0 Å². The molecule has 1 atom stereocenters. The average Bonchev–Trinajstić information content (AvgIpc) is 2.88. The van der Waals surface area contributed by atoms with E-state index in [1.165, 1.54) is 35.1 Å². The number of ether oxygens (including phenoxy) is 1. The van der Waals surface area contributed by atoms with E-state index in [4.69, 9.17) is 5.73 Å². The number of nitrogens with zero attached hydrogens (tertiary/aromatic N) is 2. The van der Waals surface area contributed by atoms with Crippen LogP contribution in [0, 0.1) is 5.92 Å². The molecule has 0 radical (unpaired) electrons. The number of carbonyl (C=O) groups excluding carboxylic acids is 2. The Kier molecular flexibility index (Phi) is 5.53. The maximum atomic E-state index is 12.3. The molecule has 0 aliphatic carbocycles. The lowest BCUT2D eigenvalue weighted by Gasteiger charge is -2.13. The predicted molar refractivity (Wildman–Crippen MR) is 86.3 cm³/mol. The summed E-state index contributed by atoms with van der Waals surface area (Å²) in [5, 5.41) is 6.45. The van der Waals surface area contributed by atoms with Gasteiger partial charge in [0.15, 0.2) is 5.69 Å². The molecule has 2 rings (SSSR count). The van der Waals surface area contributed by atoms with Crippen LogP contribution < -0.4 is 15.8 Å². The summed E-state index contributed by atoms with van der Waals surface area (Å²) in [5.41, 5.74) is 6.01. The van der Waals surface area contributed by atoms with E-state index in [2.05, 4.69) is 15.2 Å². The standard InChI is InChI=1S/C16H17F3N4O3/c1-9(7-10-3-5-11(6-4-10)26-16(17,18)19)15(25)21-12-8-23(2)22-13(12)14(20)24/h3-6,8-9H,7H2,1-2H3,(H2,20,24)(H,21,25). The molecule has 0 fully saturated rings. The van der Waals surface area contributed by atoms with E-state index in [0.29, 0.717) is 5.56 Å². The van der Waals surface area contributed by atoms with Crippen molar-refractivity contribution < 1.29 is 27.5 Å². The van der Waals surface area contributed by atoms with E-state index < -0.39 is 18.2 Å². The van der Waals surface area contributed by atoms with Gasteiger partial charge in [-0.1, -0.05) is 19.1 Å². The lowest BCUT2D eigenvalue weighted by Crippen LogP contribution is -2.24. The van der Waals surface area contributed by atoms with Gasteiger partial charge in [0.25, 0.3) is 5.91 Å². The third kappa shape index (κ3) is 5.23. The predicted octanol–water partition coefficient (Wildman–Crippen LogP) is 2.23. The van der Waals surface area contributed by atoms with Gasteiger partial charge in [0, 0.05) is 19.2 Å². The van der Waals surface area contributed by atoms with Crippen LogP contribution in [0.3, 0.4) is 0 Å². The van der Waals surface area contributed by atoms with Crippen molar-refractivity contribution in [2.24, 2.45) is 18.7 Å². The first-order chi connectivity index (χ1) is 12.0. The number of nitrogens with one attached hydrogen (secondary N) is 1. The minimum absolute atomic E-state index is 0.0540. The molecule has 140 valence electrons. The molecule has 7 nitrogen and oxygen atoms in total. The van der Waals surface area contributed by atoms with Gasteiger partial charge in [-0.25, -0.2) is 0 Å². The van der Waals surface area contributed by atoms with Crippen LogP contribution in [0.15, 0.2) is 30.5 Å². The van der Waals surface area contributed by atoms with Crippen LogP contribution >= 0.6 is 0 Å². The van der Waals surface area contributed by atoms with E-state index in [1.54, 1.807) is 14.0 Å². The Bertz CT molecular complexity index is 800. The maximum absolute atomic E-state index is 12.3. The third-order valence-electron chi connectivity index (χ3n) is 3.47. The molecule has 10 heteroatoms. The summed E-state index contributed by atoms with van der Waals surface area (Å²) >= 11 is 0. The normalized spacial score (nSPS) is 12.5. The highest BCUT2D eigenvalue weighted by atomic mass is 19.4. The zero-order valence-electron chi connectivity index (χ0n) is 14.0. The highest BCUT2D eigenvalue weighted by Crippen LogP contribution is 2.23. The molecule has 1 aromatic carbocycles. The maximum Gasteiger partial charge on any atom is 0.573 e. The SMILES string of the molecule is CC(Cc1ccc(OC(F)(F)F)cc1)C(=O)Nc1cn(C)nc1C(N)=O. The van der Waals surface area contributed by atoms with Gasteiger partial charge in [0.05, 0.1) is 5.69 Å². The van der Waals surface area contributed by atoms with E-state index >= 15 is 0 Å². The Morgan fingerprint density at radius 2 is 1.92 bits per heavy atom. The van der Waals surface area contributed by atoms with Gasteiger partial charge in [-0.2, -0.15) is 5.10 Å². The Morgan fingerprint density at radius 1 is 1.31 bits per heavy atom. The number of aryl methyl sites for hydroxylation is 1. The lowest BCUT2D eigenvalue weighted by molar-refractivity contribution is -0.274. The molecule has 0 aliphatic rings. The number of primary amides is 1. The quantitative estimate of drug-likeness (QED) is 0.815. The van der Waals surface area contributed by atoms with Crippen molar-refractivity contribution in [1.82, 2.24) is 9.78 Å². The first-order valence-electron chi connectivity index (χ1n) is 7.54. The van der Waals surface area contributed by atoms with Crippen LogP contribution in [-0.2, 0) is 18.3 Å². The monoisotopic (exact) mass is 370 g/mol. The summed E-state index contributed by atoms with van der Waals surface area (Å²) in [6.07, 6.45) is -3.02. The molecule has 0 spiro atoms. The number of benzene rings is 1.